The summed E-state index contributed by atoms with van der Waals surface area (Å²) in [5.74, 6) is 4.75. The first-order valence-corrected chi connectivity index (χ1v) is 9.63. The van der Waals surface area contributed by atoms with Gasteiger partial charge in [-0.3, -0.25) is 19.2 Å². The van der Waals surface area contributed by atoms with Crippen LogP contribution in [0.2, 0.25) is 0 Å². The van der Waals surface area contributed by atoms with E-state index >= 15 is 0 Å². The lowest BCUT2D eigenvalue weighted by Gasteiger charge is -2.52. The summed E-state index contributed by atoms with van der Waals surface area (Å²) in [5, 5.41) is 0. The summed E-state index contributed by atoms with van der Waals surface area (Å²) in [6.07, 6.45) is 0.350. The van der Waals surface area contributed by atoms with Crippen molar-refractivity contribution in [1.29, 1.82) is 0 Å². The van der Waals surface area contributed by atoms with Crippen molar-refractivity contribution in [3.05, 3.63) is 28.8 Å². The smallest absolute Gasteiger partial charge is 0.230 e. The fourth-order valence-corrected chi connectivity index (χ4v) is 4.52. The molecule has 1 aliphatic heterocycles. The van der Waals surface area contributed by atoms with Crippen LogP contribution in [0, 0.1) is 24.2 Å². The van der Waals surface area contributed by atoms with Crippen molar-refractivity contribution >= 4 is 23.3 Å². The Labute approximate surface area is 170 Å². The number of aryl methyl sites for hydroxylation is 1. The largest absolute Gasteiger partial charge is 0.496 e. The second kappa shape index (κ2) is 7.82. The van der Waals surface area contributed by atoms with Gasteiger partial charge in [0.25, 0.3) is 0 Å². The molecule has 1 heterocycles. The number of amides is 1. The number of hydrogen-bond acceptors (Lipinski definition) is 5. The molecule has 6 nitrogen and oxygen atoms in total. The number of carbonyl (C=O) groups excluding carboxylic acids is 4. The molecule has 2 fully saturated rings. The Morgan fingerprint density at radius 3 is 2.34 bits per heavy atom. The number of hydrogen-bond donors (Lipinski definition) is 0. The van der Waals surface area contributed by atoms with Crippen molar-refractivity contribution in [1.82, 2.24) is 4.90 Å². The van der Waals surface area contributed by atoms with Gasteiger partial charge in [0.05, 0.1) is 13.5 Å². The Kier molecular flexibility index (Phi) is 5.61. The minimum absolute atomic E-state index is 0.135. The normalized spacial score (nSPS) is 18.1. The SMILES string of the molecule is CC#Cc1cc(C)c(C2C(=O)CC3(CC2=O)CN(C(=O)CC(C)=O)C3)c(OC)c1. The van der Waals surface area contributed by atoms with E-state index in [1.54, 1.807) is 17.9 Å². The summed E-state index contributed by atoms with van der Waals surface area (Å²) >= 11 is 0. The van der Waals surface area contributed by atoms with E-state index in [-0.39, 0.29) is 42.5 Å². The van der Waals surface area contributed by atoms with Crippen LogP contribution in [0.1, 0.15) is 55.7 Å². The number of benzene rings is 1. The molecular weight excluding hydrogens is 370 g/mol. The zero-order valence-corrected chi connectivity index (χ0v) is 17.3. The van der Waals surface area contributed by atoms with Crippen LogP contribution in [0.4, 0.5) is 0 Å². The van der Waals surface area contributed by atoms with Crippen molar-refractivity contribution in [2.45, 2.75) is 46.0 Å². The lowest BCUT2D eigenvalue weighted by atomic mass is 9.63. The van der Waals surface area contributed by atoms with Crippen LogP contribution in [0.5, 0.6) is 5.75 Å². The highest BCUT2D eigenvalue weighted by Crippen LogP contribution is 2.47. The molecule has 0 bridgehead atoms. The molecule has 0 radical (unpaired) electrons. The van der Waals surface area contributed by atoms with E-state index in [0.29, 0.717) is 24.4 Å². The second-order valence-electron chi connectivity index (χ2n) is 8.13. The van der Waals surface area contributed by atoms with Gasteiger partial charge in [0.15, 0.2) is 0 Å². The van der Waals surface area contributed by atoms with Crippen molar-refractivity contribution in [2.24, 2.45) is 5.41 Å². The molecule has 1 aromatic rings. The number of ether oxygens (including phenoxy) is 1. The lowest BCUT2D eigenvalue weighted by molar-refractivity contribution is -0.156. The minimum atomic E-state index is -0.846. The third-order valence-corrected chi connectivity index (χ3v) is 5.67. The minimum Gasteiger partial charge on any atom is -0.496 e. The second-order valence-corrected chi connectivity index (χ2v) is 8.13. The monoisotopic (exact) mass is 395 g/mol. The van der Waals surface area contributed by atoms with Crippen LogP contribution in [-0.4, -0.2) is 48.4 Å². The van der Waals surface area contributed by atoms with Gasteiger partial charge in [0.2, 0.25) is 5.91 Å². The Bertz CT molecular complexity index is 939. The molecule has 1 spiro atoms. The first-order valence-electron chi connectivity index (χ1n) is 9.63. The maximum absolute atomic E-state index is 13.0. The standard InChI is InChI=1S/C23H25NO5/c1-5-6-16-7-14(2)21(19(9-16)29-4)22-17(26)10-23(11-18(22)27)12-24(13-23)20(28)8-15(3)25/h7,9,22H,8,10-13H2,1-4H3. The lowest BCUT2D eigenvalue weighted by Crippen LogP contribution is -2.62. The number of likely N-dealkylation sites (tertiary alicyclic amines) is 1. The molecule has 1 aromatic carbocycles. The fraction of sp³-hybridized carbons (Fsp3) is 0.478. The van der Waals surface area contributed by atoms with Gasteiger partial charge in [-0.1, -0.05) is 5.92 Å². The van der Waals surface area contributed by atoms with Crippen LogP contribution in [0.3, 0.4) is 0 Å². The van der Waals surface area contributed by atoms with Crippen molar-refractivity contribution in [3.63, 3.8) is 0 Å². The molecule has 0 N–H and O–H groups in total. The van der Waals surface area contributed by atoms with Crippen LogP contribution < -0.4 is 4.74 Å². The average molecular weight is 395 g/mol. The van der Waals surface area contributed by atoms with E-state index in [0.717, 1.165) is 11.1 Å². The highest BCUT2D eigenvalue weighted by atomic mass is 16.5. The topological polar surface area (TPSA) is 80.8 Å². The number of nitrogens with zero attached hydrogens (tertiary/aromatic N) is 1. The van der Waals surface area contributed by atoms with Gasteiger partial charge in [-0.25, -0.2) is 0 Å². The number of ketones is 3. The van der Waals surface area contributed by atoms with Gasteiger partial charge in [-0.15, -0.1) is 5.92 Å². The molecule has 3 rings (SSSR count). The fourth-order valence-electron chi connectivity index (χ4n) is 4.52. The highest BCUT2D eigenvalue weighted by Gasteiger charge is 2.53. The van der Waals surface area contributed by atoms with Crippen molar-refractivity contribution in [2.75, 3.05) is 20.2 Å². The van der Waals surface area contributed by atoms with Crippen molar-refractivity contribution < 1.29 is 23.9 Å². The summed E-state index contributed by atoms with van der Waals surface area (Å²) in [4.78, 5) is 50.8. The number of Topliss-reactive ketones (excluding diaryl/α,β-unsaturated/α-hetero) is 3. The molecule has 1 saturated heterocycles. The van der Waals surface area contributed by atoms with Gasteiger partial charge < -0.3 is 9.64 Å². The maximum atomic E-state index is 13.0. The molecule has 0 atom stereocenters. The van der Waals surface area contributed by atoms with Crippen molar-refractivity contribution in [3.8, 4) is 17.6 Å². The highest BCUT2D eigenvalue weighted by molar-refractivity contribution is 6.11. The maximum Gasteiger partial charge on any atom is 0.230 e. The summed E-state index contributed by atoms with van der Waals surface area (Å²) < 4.78 is 5.48. The zero-order valence-electron chi connectivity index (χ0n) is 17.3. The first kappa shape index (κ1) is 20.8. The van der Waals surface area contributed by atoms with Gasteiger partial charge >= 0.3 is 0 Å². The molecule has 1 saturated carbocycles. The Balaban J connectivity index is 1.81. The van der Waals surface area contributed by atoms with E-state index in [1.807, 2.05) is 13.0 Å². The summed E-state index contributed by atoms with van der Waals surface area (Å²) in [5.41, 5.74) is 1.70. The molecule has 29 heavy (non-hydrogen) atoms. The molecular formula is C23H25NO5. The molecule has 6 heteroatoms. The number of rotatable bonds is 4. The van der Waals surface area contributed by atoms with Gasteiger partial charge in [-0.05, 0) is 38.5 Å². The molecule has 0 aromatic heterocycles. The Morgan fingerprint density at radius 1 is 1.21 bits per heavy atom. The summed E-state index contributed by atoms with van der Waals surface area (Å²) in [6.45, 7) is 5.68. The van der Waals surface area contributed by atoms with E-state index < -0.39 is 11.3 Å². The predicted molar refractivity (Wildman–Crippen MR) is 107 cm³/mol. The predicted octanol–water partition coefficient (Wildman–Crippen LogP) is 2.20. The summed E-state index contributed by atoms with van der Waals surface area (Å²) in [7, 11) is 1.52. The van der Waals surface area contributed by atoms with Gasteiger partial charge in [0.1, 0.15) is 29.0 Å². The molecule has 2 aliphatic rings. The van der Waals surface area contributed by atoms with Gasteiger partial charge in [0, 0.05) is 42.5 Å². The molecule has 0 unspecified atom stereocenters. The van der Waals surface area contributed by atoms with Crippen LogP contribution in [0.15, 0.2) is 12.1 Å². The average Bonchev–Trinajstić information content (AvgIpc) is 2.59. The molecule has 1 aliphatic carbocycles. The Morgan fingerprint density at radius 2 is 1.83 bits per heavy atom. The summed E-state index contributed by atoms with van der Waals surface area (Å²) in [6, 6.07) is 3.63. The van der Waals surface area contributed by atoms with E-state index in [9.17, 15) is 19.2 Å². The van der Waals surface area contributed by atoms with E-state index in [2.05, 4.69) is 11.8 Å². The third-order valence-electron chi connectivity index (χ3n) is 5.67. The number of carbonyl (C=O) groups is 4. The molecule has 152 valence electrons. The first-order chi connectivity index (χ1) is 13.7. The zero-order chi connectivity index (χ0) is 21.3. The Hall–Kier alpha value is -2.94. The van der Waals surface area contributed by atoms with Gasteiger partial charge in [-0.2, -0.15) is 0 Å². The number of methoxy groups -OCH3 is 1. The van der Waals surface area contributed by atoms with E-state index in [1.165, 1.54) is 14.0 Å². The van der Waals surface area contributed by atoms with E-state index in [4.69, 9.17) is 4.74 Å². The van der Waals surface area contributed by atoms with Crippen LogP contribution >= 0.6 is 0 Å². The third kappa shape index (κ3) is 3.95. The quantitative estimate of drug-likeness (QED) is 0.577. The van der Waals surface area contributed by atoms with Crippen LogP contribution in [0.25, 0.3) is 0 Å². The van der Waals surface area contributed by atoms with Crippen LogP contribution in [-0.2, 0) is 19.2 Å². The molecule has 1 amide bonds.